The average Bonchev–Trinajstić information content (AvgIpc) is 1.77. The second kappa shape index (κ2) is 2.51. The number of hydrogen-bond acceptors (Lipinski definition) is 1. The fourth-order valence-corrected chi connectivity index (χ4v) is 0.916. The Kier molecular flexibility index (Phi) is 1.92. The van der Waals surface area contributed by atoms with Crippen LogP contribution in [0.4, 0.5) is 0 Å². The van der Waals surface area contributed by atoms with Gasteiger partial charge in [0.05, 0.1) is 0 Å². The van der Waals surface area contributed by atoms with Gasteiger partial charge in [0.15, 0.2) is 5.56 Å². The van der Waals surface area contributed by atoms with Gasteiger partial charge in [0.2, 0.25) is 0 Å². The standard InChI is InChI=1S/C6H9ClO/c1-5-3-2-4-8-6(5)7/h6H,1-4H2. The van der Waals surface area contributed by atoms with Gasteiger partial charge in [0.25, 0.3) is 0 Å². The Bertz CT molecular complexity index is 101. The zero-order valence-electron chi connectivity index (χ0n) is 4.69. The molecule has 1 rings (SSSR count). The molecule has 0 spiro atoms. The molecule has 46 valence electrons. The fourth-order valence-electron chi connectivity index (χ4n) is 0.717. The van der Waals surface area contributed by atoms with Crippen LogP contribution in [0.25, 0.3) is 0 Å². The quantitative estimate of drug-likeness (QED) is 0.362. The monoisotopic (exact) mass is 132 g/mol. The topological polar surface area (TPSA) is 9.23 Å². The number of halogens is 1. The molecule has 1 nitrogen and oxygen atoms in total. The van der Waals surface area contributed by atoms with Crippen LogP contribution in [0.3, 0.4) is 0 Å². The van der Waals surface area contributed by atoms with E-state index in [1.807, 2.05) is 0 Å². The maximum absolute atomic E-state index is 5.65. The molecule has 1 aliphatic rings. The van der Waals surface area contributed by atoms with E-state index in [-0.39, 0.29) is 5.56 Å². The molecule has 0 radical (unpaired) electrons. The van der Waals surface area contributed by atoms with E-state index in [4.69, 9.17) is 16.3 Å². The van der Waals surface area contributed by atoms with Crippen molar-refractivity contribution in [1.29, 1.82) is 0 Å². The zero-order chi connectivity index (χ0) is 5.98. The predicted molar refractivity (Wildman–Crippen MR) is 34.0 cm³/mol. The summed E-state index contributed by atoms with van der Waals surface area (Å²) in [5.41, 5.74) is 0.793. The van der Waals surface area contributed by atoms with Gasteiger partial charge in [-0.05, 0) is 18.4 Å². The molecule has 0 bridgehead atoms. The summed E-state index contributed by atoms with van der Waals surface area (Å²) in [6.45, 7) is 4.52. The molecule has 1 heterocycles. The molecule has 1 aliphatic heterocycles. The fraction of sp³-hybridized carbons (Fsp3) is 0.667. The molecule has 1 fully saturated rings. The molecule has 0 aromatic heterocycles. The molecular formula is C6H9ClO. The average molecular weight is 133 g/mol. The molecule has 0 aliphatic carbocycles. The molecule has 1 atom stereocenters. The van der Waals surface area contributed by atoms with Crippen LogP contribution < -0.4 is 0 Å². The van der Waals surface area contributed by atoms with Crippen LogP contribution in [0.1, 0.15) is 12.8 Å². The zero-order valence-corrected chi connectivity index (χ0v) is 5.45. The summed E-state index contributed by atoms with van der Waals surface area (Å²) < 4.78 is 5.06. The Labute approximate surface area is 54.3 Å². The van der Waals surface area contributed by atoms with Gasteiger partial charge in [0, 0.05) is 6.61 Å². The van der Waals surface area contributed by atoms with Crippen molar-refractivity contribution in [1.82, 2.24) is 0 Å². The summed E-state index contributed by atoms with van der Waals surface area (Å²) in [7, 11) is 0. The van der Waals surface area contributed by atoms with Crippen LogP contribution in [-0.2, 0) is 4.74 Å². The first-order valence-corrected chi connectivity index (χ1v) is 3.17. The van der Waals surface area contributed by atoms with Gasteiger partial charge in [-0.2, -0.15) is 0 Å². The number of ether oxygens (including phenoxy) is 1. The lowest BCUT2D eigenvalue weighted by atomic mass is 10.1. The summed E-state index contributed by atoms with van der Waals surface area (Å²) >= 11 is 5.65. The van der Waals surface area contributed by atoms with Crippen molar-refractivity contribution in [2.45, 2.75) is 18.4 Å². The minimum Gasteiger partial charge on any atom is -0.359 e. The SMILES string of the molecule is C=C1CCCOC1Cl. The Morgan fingerprint density at radius 3 is 2.88 bits per heavy atom. The van der Waals surface area contributed by atoms with Crippen molar-refractivity contribution in [2.24, 2.45) is 0 Å². The predicted octanol–water partition coefficient (Wildman–Crippen LogP) is 1.92. The van der Waals surface area contributed by atoms with Crippen molar-refractivity contribution < 1.29 is 4.74 Å². The van der Waals surface area contributed by atoms with Crippen LogP contribution in [-0.4, -0.2) is 12.2 Å². The second-order valence-corrected chi connectivity index (χ2v) is 2.35. The van der Waals surface area contributed by atoms with E-state index in [0.717, 1.165) is 25.0 Å². The van der Waals surface area contributed by atoms with Crippen LogP contribution in [0.15, 0.2) is 12.2 Å². The molecule has 0 aromatic carbocycles. The van der Waals surface area contributed by atoms with E-state index in [1.165, 1.54) is 0 Å². The largest absolute Gasteiger partial charge is 0.359 e. The van der Waals surface area contributed by atoms with E-state index in [1.54, 1.807) is 0 Å². The van der Waals surface area contributed by atoms with Crippen molar-refractivity contribution in [3.63, 3.8) is 0 Å². The molecule has 8 heavy (non-hydrogen) atoms. The lowest BCUT2D eigenvalue weighted by molar-refractivity contribution is 0.103. The van der Waals surface area contributed by atoms with Gasteiger partial charge in [-0.15, -0.1) is 0 Å². The van der Waals surface area contributed by atoms with E-state index >= 15 is 0 Å². The molecular weight excluding hydrogens is 124 g/mol. The Hall–Kier alpha value is -0.0100. The Balaban J connectivity index is 2.39. The summed E-state index contributed by atoms with van der Waals surface area (Å²) in [4.78, 5) is 0. The maximum atomic E-state index is 5.65. The van der Waals surface area contributed by atoms with Crippen LogP contribution in [0, 0.1) is 0 Å². The van der Waals surface area contributed by atoms with Crippen LogP contribution >= 0.6 is 11.6 Å². The summed E-state index contributed by atoms with van der Waals surface area (Å²) in [6, 6.07) is 0. The van der Waals surface area contributed by atoms with Crippen molar-refractivity contribution in [2.75, 3.05) is 6.61 Å². The molecule has 0 N–H and O–H groups in total. The highest BCUT2D eigenvalue weighted by Crippen LogP contribution is 2.20. The third kappa shape index (κ3) is 1.23. The highest BCUT2D eigenvalue weighted by molar-refractivity contribution is 6.21. The Morgan fingerprint density at radius 1 is 1.75 bits per heavy atom. The highest BCUT2D eigenvalue weighted by Gasteiger charge is 2.13. The van der Waals surface area contributed by atoms with Crippen molar-refractivity contribution in [3.05, 3.63) is 12.2 Å². The smallest absolute Gasteiger partial charge is 0.152 e. The number of alkyl halides is 1. The third-order valence-corrected chi connectivity index (χ3v) is 1.66. The molecule has 1 unspecified atom stereocenters. The van der Waals surface area contributed by atoms with Gasteiger partial charge in [-0.1, -0.05) is 18.2 Å². The van der Waals surface area contributed by atoms with Crippen molar-refractivity contribution in [3.8, 4) is 0 Å². The van der Waals surface area contributed by atoms with Gasteiger partial charge < -0.3 is 4.74 Å². The molecule has 0 saturated carbocycles. The van der Waals surface area contributed by atoms with Crippen LogP contribution in [0.5, 0.6) is 0 Å². The first-order chi connectivity index (χ1) is 3.80. The number of rotatable bonds is 0. The molecule has 0 amide bonds. The third-order valence-electron chi connectivity index (χ3n) is 1.23. The Morgan fingerprint density at radius 2 is 2.50 bits per heavy atom. The first kappa shape index (κ1) is 6.12. The normalized spacial score (nSPS) is 30.6. The summed E-state index contributed by atoms with van der Waals surface area (Å²) in [5, 5.41) is 0. The van der Waals surface area contributed by atoms with E-state index < -0.39 is 0 Å². The van der Waals surface area contributed by atoms with Gasteiger partial charge in [-0.25, -0.2) is 0 Å². The lowest BCUT2D eigenvalue weighted by Gasteiger charge is -2.18. The van der Waals surface area contributed by atoms with Crippen molar-refractivity contribution >= 4 is 11.6 Å². The maximum Gasteiger partial charge on any atom is 0.152 e. The van der Waals surface area contributed by atoms with Gasteiger partial charge in [0.1, 0.15) is 0 Å². The molecule has 0 aromatic rings. The molecule has 2 heteroatoms. The second-order valence-electron chi connectivity index (χ2n) is 1.95. The van der Waals surface area contributed by atoms with Gasteiger partial charge >= 0.3 is 0 Å². The summed E-state index contributed by atoms with van der Waals surface area (Å²) in [6.07, 6.45) is 2.09. The van der Waals surface area contributed by atoms with E-state index in [0.29, 0.717) is 0 Å². The highest BCUT2D eigenvalue weighted by atomic mass is 35.5. The number of hydrogen-bond donors (Lipinski definition) is 0. The lowest BCUT2D eigenvalue weighted by Crippen LogP contribution is -2.14. The van der Waals surface area contributed by atoms with Crippen LogP contribution in [0.2, 0.25) is 0 Å². The first-order valence-electron chi connectivity index (χ1n) is 2.74. The minimum atomic E-state index is -0.219. The van der Waals surface area contributed by atoms with Gasteiger partial charge in [-0.3, -0.25) is 0 Å². The summed E-state index contributed by atoms with van der Waals surface area (Å²) in [5.74, 6) is 0. The van der Waals surface area contributed by atoms with E-state index in [9.17, 15) is 0 Å². The minimum absolute atomic E-state index is 0.219. The van der Waals surface area contributed by atoms with E-state index in [2.05, 4.69) is 6.58 Å². The molecule has 1 saturated heterocycles.